The molecule has 0 atom stereocenters. The van der Waals surface area contributed by atoms with Crippen LogP contribution in [0.2, 0.25) is 0 Å². The van der Waals surface area contributed by atoms with E-state index in [0.29, 0.717) is 32.0 Å². The van der Waals surface area contributed by atoms with Crippen LogP contribution in [0.5, 0.6) is 0 Å². The number of nitro benzene ring substituents is 1. The second kappa shape index (κ2) is 8.75. The predicted molar refractivity (Wildman–Crippen MR) is 114 cm³/mol. The molecule has 0 aliphatic carbocycles. The molecule has 1 aromatic heterocycles. The number of nitrogens with one attached hydrogen (secondary N) is 1. The van der Waals surface area contributed by atoms with E-state index in [1.165, 1.54) is 12.1 Å². The van der Waals surface area contributed by atoms with Crippen molar-refractivity contribution >= 4 is 34.4 Å². The van der Waals surface area contributed by atoms with Gasteiger partial charge in [-0.15, -0.1) is 0 Å². The van der Waals surface area contributed by atoms with E-state index in [1.807, 2.05) is 39.9 Å². The molecule has 1 saturated heterocycles. The van der Waals surface area contributed by atoms with Crippen molar-refractivity contribution in [3.05, 3.63) is 70.4 Å². The molecule has 4 rings (SSSR count). The Morgan fingerprint density at radius 1 is 1.17 bits per heavy atom. The number of rotatable bonds is 6. The van der Waals surface area contributed by atoms with Crippen LogP contribution in [0.3, 0.4) is 0 Å². The number of carbonyl (C=O) groups is 1. The van der Waals surface area contributed by atoms with Crippen LogP contribution in [-0.2, 0) is 16.1 Å². The molecule has 1 amide bonds. The van der Waals surface area contributed by atoms with Gasteiger partial charge in [0.2, 0.25) is 5.91 Å². The Morgan fingerprint density at radius 2 is 1.90 bits per heavy atom. The summed E-state index contributed by atoms with van der Waals surface area (Å²) in [5.74, 6) is 0.0616. The van der Waals surface area contributed by atoms with Gasteiger partial charge >= 0.3 is 0 Å². The van der Waals surface area contributed by atoms with Crippen molar-refractivity contribution in [1.29, 1.82) is 0 Å². The first-order valence-corrected chi connectivity index (χ1v) is 9.59. The Kier molecular flexibility index (Phi) is 5.71. The minimum Gasteiger partial charge on any atom is -0.378 e. The van der Waals surface area contributed by atoms with Gasteiger partial charge in [0.05, 0.1) is 30.0 Å². The SMILES string of the molecule is O=C(Cn1cc(/C=N/Nc2ccc([N+](=O)[O-])cc2)c2ccccc21)N1CCOCC1. The molecule has 0 unspecified atom stereocenters. The van der Waals surface area contributed by atoms with E-state index in [2.05, 4.69) is 10.5 Å². The van der Waals surface area contributed by atoms with E-state index < -0.39 is 4.92 Å². The first-order chi connectivity index (χ1) is 14.6. The fraction of sp³-hybridized carbons (Fsp3) is 0.238. The lowest BCUT2D eigenvalue weighted by molar-refractivity contribution is -0.384. The molecule has 0 saturated carbocycles. The number of hydrazone groups is 1. The lowest BCUT2D eigenvalue weighted by atomic mass is 10.2. The Labute approximate surface area is 172 Å². The fourth-order valence-electron chi connectivity index (χ4n) is 3.40. The van der Waals surface area contributed by atoms with Crippen molar-refractivity contribution < 1.29 is 14.5 Å². The van der Waals surface area contributed by atoms with Gasteiger partial charge in [-0.05, 0) is 18.2 Å². The number of benzene rings is 2. The second-order valence-corrected chi connectivity index (χ2v) is 6.90. The van der Waals surface area contributed by atoms with Crippen molar-refractivity contribution in [2.24, 2.45) is 5.10 Å². The normalized spacial score (nSPS) is 14.3. The summed E-state index contributed by atoms with van der Waals surface area (Å²) in [6, 6.07) is 13.9. The standard InChI is InChI=1S/C21H21N5O4/c27-21(24-9-11-30-12-10-24)15-25-14-16(19-3-1-2-4-20(19)25)13-22-23-17-5-7-18(8-6-17)26(28)29/h1-8,13-14,23H,9-12,15H2/b22-13+. The third-order valence-electron chi connectivity index (χ3n) is 4.96. The number of aromatic nitrogens is 1. The zero-order valence-corrected chi connectivity index (χ0v) is 16.2. The van der Waals surface area contributed by atoms with Gasteiger partial charge in [-0.3, -0.25) is 20.3 Å². The van der Waals surface area contributed by atoms with Crippen LogP contribution in [0.4, 0.5) is 11.4 Å². The predicted octanol–water partition coefficient (Wildman–Crippen LogP) is 2.85. The van der Waals surface area contributed by atoms with Crippen molar-refractivity contribution in [1.82, 2.24) is 9.47 Å². The average Bonchev–Trinajstić information content (AvgIpc) is 3.12. The number of ether oxygens (including phenoxy) is 1. The van der Waals surface area contributed by atoms with E-state index in [4.69, 9.17) is 4.74 Å². The van der Waals surface area contributed by atoms with Crippen molar-refractivity contribution in [2.45, 2.75) is 6.54 Å². The molecule has 154 valence electrons. The number of hydrogen-bond acceptors (Lipinski definition) is 6. The summed E-state index contributed by atoms with van der Waals surface area (Å²) in [7, 11) is 0. The lowest BCUT2D eigenvalue weighted by Gasteiger charge is -2.27. The average molecular weight is 407 g/mol. The summed E-state index contributed by atoms with van der Waals surface area (Å²) in [5, 5.41) is 16.0. The highest BCUT2D eigenvalue weighted by atomic mass is 16.6. The zero-order valence-electron chi connectivity index (χ0n) is 16.2. The smallest absolute Gasteiger partial charge is 0.269 e. The number of fused-ring (bicyclic) bond motifs is 1. The van der Waals surface area contributed by atoms with Gasteiger partial charge in [0.25, 0.3) is 5.69 Å². The van der Waals surface area contributed by atoms with Crippen LogP contribution in [-0.4, -0.2) is 52.8 Å². The van der Waals surface area contributed by atoms with Crippen molar-refractivity contribution in [2.75, 3.05) is 31.7 Å². The molecular formula is C21H21N5O4. The molecule has 0 bridgehead atoms. The van der Waals surface area contributed by atoms with E-state index >= 15 is 0 Å². The van der Waals surface area contributed by atoms with Gasteiger partial charge in [-0.2, -0.15) is 5.10 Å². The number of para-hydroxylation sites is 1. The summed E-state index contributed by atoms with van der Waals surface area (Å²) in [4.78, 5) is 24.8. The third-order valence-corrected chi connectivity index (χ3v) is 4.96. The molecule has 1 aliphatic heterocycles. The Balaban J connectivity index is 1.50. The Hall–Kier alpha value is -3.72. The molecule has 0 radical (unpaired) electrons. The van der Waals surface area contributed by atoms with Gasteiger partial charge in [0.15, 0.2) is 0 Å². The molecule has 2 aromatic carbocycles. The number of non-ortho nitro benzene ring substituents is 1. The maximum atomic E-state index is 12.7. The molecule has 2 heterocycles. The summed E-state index contributed by atoms with van der Waals surface area (Å²) in [5.41, 5.74) is 5.37. The van der Waals surface area contributed by atoms with Crippen LogP contribution in [0, 0.1) is 10.1 Å². The highest BCUT2D eigenvalue weighted by Crippen LogP contribution is 2.21. The van der Waals surface area contributed by atoms with Gasteiger partial charge in [-0.25, -0.2) is 0 Å². The van der Waals surface area contributed by atoms with Crippen LogP contribution in [0.1, 0.15) is 5.56 Å². The number of nitro groups is 1. The van der Waals surface area contributed by atoms with Gasteiger partial charge in [0.1, 0.15) is 6.54 Å². The first-order valence-electron chi connectivity index (χ1n) is 9.59. The fourth-order valence-corrected chi connectivity index (χ4v) is 3.40. The third kappa shape index (κ3) is 4.31. The second-order valence-electron chi connectivity index (χ2n) is 6.90. The quantitative estimate of drug-likeness (QED) is 0.385. The van der Waals surface area contributed by atoms with E-state index in [0.717, 1.165) is 16.5 Å². The van der Waals surface area contributed by atoms with Gasteiger partial charge in [-0.1, -0.05) is 18.2 Å². The number of morpholine rings is 1. The molecule has 1 aliphatic rings. The summed E-state index contributed by atoms with van der Waals surface area (Å²) < 4.78 is 7.25. The summed E-state index contributed by atoms with van der Waals surface area (Å²) in [6.07, 6.45) is 3.59. The van der Waals surface area contributed by atoms with Crippen LogP contribution >= 0.6 is 0 Å². The largest absolute Gasteiger partial charge is 0.378 e. The van der Waals surface area contributed by atoms with Crippen LogP contribution < -0.4 is 5.43 Å². The van der Waals surface area contributed by atoms with Crippen molar-refractivity contribution in [3.63, 3.8) is 0 Å². The molecule has 9 nitrogen and oxygen atoms in total. The molecular weight excluding hydrogens is 386 g/mol. The number of hydrogen-bond donors (Lipinski definition) is 1. The van der Waals surface area contributed by atoms with Crippen molar-refractivity contribution in [3.8, 4) is 0 Å². The molecule has 1 N–H and O–H groups in total. The molecule has 30 heavy (non-hydrogen) atoms. The molecule has 9 heteroatoms. The Morgan fingerprint density at radius 3 is 2.63 bits per heavy atom. The minimum absolute atomic E-state index is 0.0255. The highest BCUT2D eigenvalue weighted by molar-refractivity contribution is 6.00. The first kappa shape index (κ1) is 19.6. The zero-order chi connectivity index (χ0) is 20.9. The van der Waals surface area contributed by atoms with E-state index in [-0.39, 0.29) is 18.1 Å². The minimum atomic E-state index is -0.444. The number of anilines is 1. The Bertz CT molecular complexity index is 1080. The summed E-state index contributed by atoms with van der Waals surface area (Å²) in [6.45, 7) is 2.63. The monoisotopic (exact) mass is 407 g/mol. The maximum Gasteiger partial charge on any atom is 0.269 e. The number of carbonyl (C=O) groups excluding carboxylic acids is 1. The summed E-state index contributed by atoms with van der Waals surface area (Å²) >= 11 is 0. The topological polar surface area (TPSA) is 102 Å². The van der Waals surface area contributed by atoms with Crippen LogP contribution in [0.25, 0.3) is 10.9 Å². The molecule has 3 aromatic rings. The van der Waals surface area contributed by atoms with E-state index in [1.54, 1.807) is 18.3 Å². The highest BCUT2D eigenvalue weighted by Gasteiger charge is 2.18. The molecule has 0 spiro atoms. The van der Waals surface area contributed by atoms with Crippen LogP contribution in [0.15, 0.2) is 59.8 Å². The number of amides is 1. The lowest BCUT2D eigenvalue weighted by Crippen LogP contribution is -2.42. The maximum absolute atomic E-state index is 12.7. The van der Waals surface area contributed by atoms with Gasteiger partial charge in [0, 0.05) is 47.9 Å². The van der Waals surface area contributed by atoms with Gasteiger partial charge < -0.3 is 14.2 Å². The number of nitrogens with zero attached hydrogens (tertiary/aromatic N) is 4. The van der Waals surface area contributed by atoms with E-state index in [9.17, 15) is 14.9 Å². The molecule has 1 fully saturated rings.